The minimum absolute atomic E-state index is 0.0400. The molecule has 6 heteroatoms. The van der Waals surface area contributed by atoms with E-state index in [1.807, 2.05) is 6.92 Å². The van der Waals surface area contributed by atoms with Gasteiger partial charge in [-0.3, -0.25) is 4.79 Å². The molecule has 0 aliphatic carbocycles. The Morgan fingerprint density at radius 3 is 2.74 bits per heavy atom. The fraction of sp³-hybridized carbons (Fsp3) is 0.471. The van der Waals surface area contributed by atoms with Crippen LogP contribution in [0.25, 0.3) is 0 Å². The summed E-state index contributed by atoms with van der Waals surface area (Å²) in [5.74, 6) is -0.549. The quantitative estimate of drug-likeness (QED) is 0.773. The number of hydrogen-bond donors (Lipinski definition) is 0. The summed E-state index contributed by atoms with van der Waals surface area (Å²) in [7, 11) is -3.13. The van der Waals surface area contributed by atoms with Crippen LogP contribution >= 0.6 is 0 Å². The second-order valence-electron chi connectivity index (χ2n) is 6.38. The van der Waals surface area contributed by atoms with Crippen LogP contribution in [0.4, 0.5) is 4.39 Å². The van der Waals surface area contributed by atoms with Crippen molar-refractivity contribution in [2.24, 2.45) is 0 Å². The molecule has 0 unspecified atom stereocenters. The van der Waals surface area contributed by atoms with Gasteiger partial charge in [0.15, 0.2) is 9.84 Å². The van der Waals surface area contributed by atoms with Crippen molar-refractivity contribution >= 4 is 15.7 Å². The Morgan fingerprint density at radius 1 is 1.48 bits per heavy atom. The lowest BCUT2D eigenvalue weighted by Gasteiger charge is -2.37. The molecule has 4 nitrogen and oxygen atoms in total. The largest absolute Gasteiger partial charge is 0.332 e. The SMILES string of the molecule is C=CCN(C(=O)Cc1cc(F)ccc1C)[C@]1(C)CCS(=O)(=O)C1. The third-order valence-electron chi connectivity index (χ3n) is 4.40. The van der Waals surface area contributed by atoms with E-state index in [9.17, 15) is 17.6 Å². The zero-order valence-corrected chi connectivity index (χ0v) is 14.3. The van der Waals surface area contributed by atoms with E-state index in [0.717, 1.165) is 5.56 Å². The van der Waals surface area contributed by atoms with Crippen LogP contribution in [0.1, 0.15) is 24.5 Å². The molecule has 2 rings (SSSR count). The van der Waals surface area contributed by atoms with E-state index in [2.05, 4.69) is 6.58 Å². The predicted molar refractivity (Wildman–Crippen MR) is 88.4 cm³/mol. The van der Waals surface area contributed by atoms with E-state index in [4.69, 9.17) is 0 Å². The van der Waals surface area contributed by atoms with Crippen LogP contribution in [0.2, 0.25) is 0 Å². The van der Waals surface area contributed by atoms with Gasteiger partial charge in [0.1, 0.15) is 5.82 Å². The standard InChI is InChI=1S/C17H22FNO3S/c1-4-8-19(17(3)7-9-23(21,22)12-17)16(20)11-14-10-15(18)6-5-13(14)2/h4-6,10H,1,7-9,11-12H2,2-3H3/t17-/m1/s1. The highest BCUT2D eigenvalue weighted by molar-refractivity contribution is 7.91. The summed E-state index contributed by atoms with van der Waals surface area (Å²) >= 11 is 0. The van der Waals surface area contributed by atoms with Crippen molar-refractivity contribution in [3.63, 3.8) is 0 Å². The van der Waals surface area contributed by atoms with Gasteiger partial charge in [-0.2, -0.15) is 0 Å². The minimum atomic E-state index is -3.13. The normalized spacial score (nSPS) is 22.7. The number of aryl methyl sites for hydroxylation is 1. The topological polar surface area (TPSA) is 54.5 Å². The van der Waals surface area contributed by atoms with Crippen molar-refractivity contribution in [2.75, 3.05) is 18.1 Å². The van der Waals surface area contributed by atoms with Crippen molar-refractivity contribution in [1.29, 1.82) is 0 Å². The number of rotatable bonds is 5. The van der Waals surface area contributed by atoms with Gasteiger partial charge in [0.2, 0.25) is 5.91 Å². The highest BCUT2D eigenvalue weighted by atomic mass is 32.2. The molecule has 1 atom stereocenters. The van der Waals surface area contributed by atoms with Gasteiger partial charge in [-0.15, -0.1) is 6.58 Å². The molecule has 1 saturated heterocycles. The molecule has 23 heavy (non-hydrogen) atoms. The zero-order chi connectivity index (χ0) is 17.3. The lowest BCUT2D eigenvalue weighted by atomic mass is 9.97. The number of carbonyl (C=O) groups is 1. The molecule has 0 radical (unpaired) electrons. The highest BCUT2D eigenvalue weighted by Gasteiger charge is 2.44. The number of sulfone groups is 1. The Bertz CT molecular complexity index is 729. The molecule has 1 aliphatic heterocycles. The molecule has 1 fully saturated rings. The maximum absolute atomic E-state index is 13.4. The first-order valence-corrected chi connectivity index (χ1v) is 9.36. The maximum Gasteiger partial charge on any atom is 0.227 e. The van der Waals surface area contributed by atoms with Gasteiger partial charge in [-0.1, -0.05) is 12.1 Å². The molecule has 126 valence electrons. The summed E-state index contributed by atoms with van der Waals surface area (Å²) in [6.07, 6.45) is 2.05. The van der Waals surface area contributed by atoms with Crippen LogP contribution in [0.15, 0.2) is 30.9 Å². The first kappa shape index (κ1) is 17.7. The van der Waals surface area contributed by atoms with Gasteiger partial charge < -0.3 is 4.90 Å². The zero-order valence-electron chi connectivity index (χ0n) is 13.5. The lowest BCUT2D eigenvalue weighted by molar-refractivity contribution is -0.134. The van der Waals surface area contributed by atoms with E-state index < -0.39 is 15.4 Å². The molecule has 0 bridgehead atoms. The second-order valence-corrected chi connectivity index (χ2v) is 8.56. The van der Waals surface area contributed by atoms with Crippen molar-refractivity contribution in [2.45, 2.75) is 32.2 Å². The Balaban J connectivity index is 2.25. The molecule has 1 heterocycles. The Morgan fingerprint density at radius 2 is 2.17 bits per heavy atom. The average molecular weight is 339 g/mol. The third-order valence-corrected chi connectivity index (χ3v) is 6.29. The molecule has 0 aromatic heterocycles. The van der Waals surface area contributed by atoms with E-state index in [1.165, 1.54) is 12.1 Å². The summed E-state index contributed by atoms with van der Waals surface area (Å²) in [5.41, 5.74) is 0.724. The summed E-state index contributed by atoms with van der Waals surface area (Å²) in [6.45, 7) is 7.54. The van der Waals surface area contributed by atoms with E-state index in [0.29, 0.717) is 12.0 Å². The molecule has 1 aromatic carbocycles. The van der Waals surface area contributed by atoms with Crippen molar-refractivity contribution in [3.8, 4) is 0 Å². The Labute approximate surface area is 136 Å². The summed E-state index contributed by atoms with van der Waals surface area (Å²) in [6, 6.07) is 4.35. The molecule has 0 spiro atoms. The molecular weight excluding hydrogens is 317 g/mol. The second kappa shape index (κ2) is 6.43. The summed E-state index contributed by atoms with van der Waals surface area (Å²) < 4.78 is 37.0. The van der Waals surface area contributed by atoms with Gasteiger partial charge in [0.05, 0.1) is 23.5 Å². The maximum atomic E-state index is 13.4. The van der Waals surface area contributed by atoms with Gasteiger partial charge in [-0.05, 0) is 43.5 Å². The van der Waals surface area contributed by atoms with Crippen LogP contribution in [-0.2, 0) is 21.1 Å². The van der Waals surface area contributed by atoms with Crippen LogP contribution in [0, 0.1) is 12.7 Å². The number of amides is 1. The molecule has 0 N–H and O–H groups in total. The van der Waals surface area contributed by atoms with E-state index >= 15 is 0 Å². The first-order chi connectivity index (χ1) is 10.7. The third kappa shape index (κ3) is 3.99. The summed E-state index contributed by atoms with van der Waals surface area (Å²) in [4.78, 5) is 14.3. The van der Waals surface area contributed by atoms with Gasteiger partial charge >= 0.3 is 0 Å². The molecule has 1 amide bonds. The van der Waals surface area contributed by atoms with E-state index in [1.54, 1.807) is 24.0 Å². The lowest BCUT2D eigenvalue weighted by Crippen LogP contribution is -2.51. The number of carbonyl (C=O) groups excluding carboxylic acids is 1. The van der Waals surface area contributed by atoms with Gasteiger partial charge in [0.25, 0.3) is 0 Å². The highest BCUT2D eigenvalue weighted by Crippen LogP contribution is 2.30. The summed E-state index contributed by atoms with van der Waals surface area (Å²) in [5, 5.41) is 0. The Kier molecular flexibility index (Phi) is 4.94. The van der Waals surface area contributed by atoms with Crippen molar-refractivity contribution in [1.82, 2.24) is 4.90 Å². The fourth-order valence-electron chi connectivity index (χ4n) is 3.05. The predicted octanol–water partition coefficient (Wildman–Crippen LogP) is 2.27. The average Bonchev–Trinajstić information content (AvgIpc) is 2.74. The van der Waals surface area contributed by atoms with Crippen LogP contribution < -0.4 is 0 Å². The molecule has 1 aromatic rings. The smallest absolute Gasteiger partial charge is 0.227 e. The number of hydrogen-bond acceptors (Lipinski definition) is 3. The monoisotopic (exact) mass is 339 g/mol. The van der Waals surface area contributed by atoms with E-state index in [-0.39, 0.29) is 36.2 Å². The van der Waals surface area contributed by atoms with Crippen LogP contribution in [0.5, 0.6) is 0 Å². The van der Waals surface area contributed by atoms with Crippen LogP contribution in [0.3, 0.4) is 0 Å². The van der Waals surface area contributed by atoms with Crippen molar-refractivity contribution < 1.29 is 17.6 Å². The Hall–Kier alpha value is -1.69. The number of benzene rings is 1. The fourth-order valence-corrected chi connectivity index (χ4v) is 5.19. The van der Waals surface area contributed by atoms with Crippen molar-refractivity contribution in [3.05, 3.63) is 47.8 Å². The van der Waals surface area contributed by atoms with Crippen LogP contribution in [-0.4, -0.2) is 42.8 Å². The first-order valence-electron chi connectivity index (χ1n) is 7.54. The number of nitrogens with zero attached hydrogens (tertiary/aromatic N) is 1. The molecule has 1 aliphatic rings. The molecular formula is C17H22FNO3S. The van der Waals surface area contributed by atoms with Gasteiger partial charge in [0, 0.05) is 6.54 Å². The number of halogens is 1. The molecule has 0 saturated carbocycles. The van der Waals surface area contributed by atoms with Gasteiger partial charge in [-0.25, -0.2) is 12.8 Å². The minimum Gasteiger partial charge on any atom is -0.332 e.